The topological polar surface area (TPSA) is 78.3 Å². The molecule has 1 aromatic heterocycles. The minimum Gasteiger partial charge on any atom is -0.497 e. The Morgan fingerprint density at radius 1 is 1.21 bits per heavy atom. The lowest BCUT2D eigenvalue weighted by molar-refractivity contribution is -0.118. The first-order valence-corrected chi connectivity index (χ1v) is 11.1. The number of methoxy groups -OCH3 is 2. The van der Waals surface area contributed by atoms with Gasteiger partial charge in [-0.1, -0.05) is 31.5 Å². The molecule has 1 aliphatic rings. The molecule has 1 N–H and O–H groups in total. The largest absolute Gasteiger partial charge is 0.497 e. The first kappa shape index (κ1) is 21.6. The van der Waals surface area contributed by atoms with Gasteiger partial charge in [-0.15, -0.1) is 10.2 Å². The number of rotatable bonds is 9. The summed E-state index contributed by atoms with van der Waals surface area (Å²) in [5, 5.41) is 12.6. The molecule has 1 heterocycles. The lowest BCUT2D eigenvalue weighted by atomic mass is 9.85. The van der Waals surface area contributed by atoms with Gasteiger partial charge in [0.05, 0.1) is 19.5 Å². The van der Waals surface area contributed by atoms with Gasteiger partial charge in [-0.25, -0.2) is 0 Å². The molecule has 0 bridgehead atoms. The zero-order valence-corrected chi connectivity index (χ0v) is 18.2. The van der Waals surface area contributed by atoms with Crippen LogP contribution in [0.1, 0.15) is 38.6 Å². The smallest absolute Gasteiger partial charge is 0.230 e. The monoisotopic (exact) mass is 418 g/mol. The van der Waals surface area contributed by atoms with Gasteiger partial charge in [-0.2, -0.15) is 0 Å². The third-order valence-corrected chi connectivity index (χ3v) is 6.31. The Bertz CT molecular complexity index is 794. The molecule has 3 rings (SSSR count). The van der Waals surface area contributed by atoms with E-state index in [0.717, 1.165) is 28.7 Å². The molecule has 0 saturated heterocycles. The Morgan fingerprint density at radius 3 is 2.66 bits per heavy atom. The summed E-state index contributed by atoms with van der Waals surface area (Å²) in [6, 6.07) is 8.25. The van der Waals surface area contributed by atoms with Crippen molar-refractivity contribution in [2.45, 2.75) is 43.8 Å². The first-order valence-electron chi connectivity index (χ1n) is 10.1. The Hall–Kier alpha value is -2.06. The van der Waals surface area contributed by atoms with Gasteiger partial charge in [-0.3, -0.25) is 9.36 Å². The predicted octanol–water partition coefficient (Wildman–Crippen LogP) is 3.56. The summed E-state index contributed by atoms with van der Waals surface area (Å²) in [7, 11) is 3.28. The highest BCUT2D eigenvalue weighted by molar-refractivity contribution is 7.99. The predicted molar refractivity (Wildman–Crippen MR) is 114 cm³/mol. The molecule has 7 nitrogen and oxygen atoms in total. The molecule has 1 aliphatic carbocycles. The highest BCUT2D eigenvalue weighted by Gasteiger charge is 2.28. The maximum absolute atomic E-state index is 12.1. The summed E-state index contributed by atoms with van der Waals surface area (Å²) >= 11 is 1.44. The van der Waals surface area contributed by atoms with Crippen LogP contribution >= 0.6 is 11.8 Å². The minimum absolute atomic E-state index is 0.0238. The van der Waals surface area contributed by atoms with Gasteiger partial charge in [-0.05, 0) is 43.0 Å². The molecule has 2 aromatic rings. The van der Waals surface area contributed by atoms with E-state index >= 15 is 0 Å². The van der Waals surface area contributed by atoms with Crippen molar-refractivity contribution in [3.05, 3.63) is 24.3 Å². The van der Waals surface area contributed by atoms with Crippen molar-refractivity contribution < 1.29 is 14.3 Å². The Balaban J connectivity index is 1.83. The van der Waals surface area contributed by atoms with Crippen LogP contribution in [0.4, 0.5) is 0 Å². The van der Waals surface area contributed by atoms with Crippen LogP contribution in [-0.4, -0.2) is 53.8 Å². The maximum Gasteiger partial charge on any atom is 0.230 e. The van der Waals surface area contributed by atoms with E-state index in [-0.39, 0.29) is 5.91 Å². The Labute approximate surface area is 176 Å². The fourth-order valence-corrected chi connectivity index (χ4v) is 4.59. The standard InChI is InChI=1S/C21H30N4O3S/c1-15-6-4-5-7-18(15)25-20(16-8-10-17(28-3)11-9-16)23-24-21(25)29-14-19(26)22-12-13-27-2/h8-11,15,18H,4-7,12-14H2,1-3H3,(H,22,26)/t15-,18-/m1/s1. The number of nitrogens with one attached hydrogen (secondary N) is 1. The third kappa shape index (κ3) is 5.51. The number of hydrogen-bond acceptors (Lipinski definition) is 6. The minimum atomic E-state index is -0.0238. The molecule has 158 valence electrons. The van der Waals surface area contributed by atoms with Crippen molar-refractivity contribution in [3.63, 3.8) is 0 Å². The zero-order chi connectivity index (χ0) is 20.6. The third-order valence-electron chi connectivity index (χ3n) is 5.37. The van der Waals surface area contributed by atoms with Crippen LogP contribution in [0.2, 0.25) is 0 Å². The summed E-state index contributed by atoms with van der Waals surface area (Å²) < 4.78 is 12.5. The Kier molecular flexibility index (Phi) is 7.94. The molecular weight excluding hydrogens is 388 g/mol. The van der Waals surface area contributed by atoms with E-state index in [4.69, 9.17) is 9.47 Å². The fourth-order valence-electron chi connectivity index (χ4n) is 3.77. The van der Waals surface area contributed by atoms with Crippen molar-refractivity contribution in [2.24, 2.45) is 5.92 Å². The first-order chi connectivity index (χ1) is 14.1. The van der Waals surface area contributed by atoms with Crippen molar-refractivity contribution in [1.82, 2.24) is 20.1 Å². The molecule has 1 fully saturated rings. The SMILES string of the molecule is COCCNC(=O)CSc1nnc(-c2ccc(OC)cc2)n1[C@@H]1CCCC[C@H]1C. The zero-order valence-electron chi connectivity index (χ0n) is 17.4. The second-order valence-electron chi connectivity index (χ2n) is 7.37. The number of amides is 1. The van der Waals surface area contributed by atoms with Crippen molar-refractivity contribution in [3.8, 4) is 17.1 Å². The van der Waals surface area contributed by atoms with E-state index in [1.807, 2.05) is 24.3 Å². The summed E-state index contributed by atoms with van der Waals surface area (Å²) in [5.41, 5.74) is 1.01. The molecular formula is C21H30N4O3S. The molecule has 1 amide bonds. The number of hydrogen-bond donors (Lipinski definition) is 1. The lowest BCUT2D eigenvalue weighted by Crippen LogP contribution is -2.28. The van der Waals surface area contributed by atoms with Gasteiger partial charge in [0.1, 0.15) is 5.75 Å². The number of nitrogens with zero attached hydrogens (tertiary/aromatic N) is 3. The summed E-state index contributed by atoms with van der Waals surface area (Å²) in [6.07, 6.45) is 4.78. The second-order valence-corrected chi connectivity index (χ2v) is 8.31. The van der Waals surface area contributed by atoms with Crippen molar-refractivity contribution in [2.75, 3.05) is 33.1 Å². The molecule has 29 heavy (non-hydrogen) atoms. The number of carbonyl (C=O) groups is 1. The molecule has 0 radical (unpaired) electrons. The summed E-state index contributed by atoms with van der Waals surface area (Å²) in [5.74, 6) is 2.50. The van der Waals surface area contributed by atoms with Crippen molar-refractivity contribution in [1.29, 1.82) is 0 Å². The van der Waals surface area contributed by atoms with Gasteiger partial charge in [0.25, 0.3) is 0 Å². The number of carbonyl (C=O) groups excluding carboxylic acids is 1. The molecule has 2 atom stereocenters. The molecule has 0 unspecified atom stereocenters. The average Bonchev–Trinajstić information content (AvgIpc) is 3.16. The van der Waals surface area contributed by atoms with E-state index in [2.05, 4.69) is 27.0 Å². The number of thioether (sulfide) groups is 1. The van der Waals surface area contributed by atoms with Gasteiger partial charge in [0, 0.05) is 25.3 Å². The highest BCUT2D eigenvalue weighted by atomic mass is 32.2. The fraction of sp³-hybridized carbons (Fsp3) is 0.571. The van der Waals surface area contributed by atoms with Crippen LogP contribution in [0.3, 0.4) is 0 Å². The van der Waals surface area contributed by atoms with Gasteiger partial charge >= 0.3 is 0 Å². The molecule has 1 aromatic carbocycles. The lowest BCUT2D eigenvalue weighted by Gasteiger charge is -2.31. The normalized spacial score (nSPS) is 19.1. The van der Waals surface area contributed by atoms with Gasteiger partial charge in [0.2, 0.25) is 5.91 Å². The van der Waals surface area contributed by atoms with Crippen molar-refractivity contribution >= 4 is 17.7 Å². The average molecular weight is 419 g/mol. The Morgan fingerprint density at radius 2 is 1.97 bits per heavy atom. The number of aromatic nitrogens is 3. The van der Waals surface area contributed by atoms with Crippen LogP contribution in [0.15, 0.2) is 29.4 Å². The summed E-state index contributed by atoms with van der Waals surface area (Å²) in [4.78, 5) is 12.1. The molecule has 1 saturated carbocycles. The number of ether oxygens (including phenoxy) is 2. The van der Waals surface area contributed by atoms with Crippen LogP contribution in [0.25, 0.3) is 11.4 Å². The van der Waals surface area contributed by atoms with Crippen LogP contribution in [0.5, 0.6) is 5.75 Å². The quantitative estimate of drug-likeness (QED) is 0.496. The van der Waals surface area contributed by atoms with Gasteiger partial charge in [0.15, 0.2) is 11.0 Å². The molecule has 8 heteroatoms. The van der Waals surface area contributed by atoms with Crippen LogP contribution in [0, 0.1) is 5.92 Å². The maximum atomic E-state index is 12.1. The second kappa shape index (κ2) is 10.6. The van der Waals surface area contributed by atoms with E-state index in [1.54, 1.807) is 14.2 Å². The summed E-state index contributed by atoms with van der Waals surface area (Å²) in [6.45, 7) is 3.32. The van der Waals surface area contributed by atoms with E-state index < -0.39 is 0 Å². The highest BCUT2D eigenvalue weighted by Crippen LogP contribution is 2.39. The van der Waals surface area contributed by atoms with Gasteiger partial charge < -0.3 is 14.8 Å². The van der Waals surface area contributed by atoms with Crippen LogP contribution in [-0.2, 0) is 9.53 Å². The van der Waals surface area contributed by atoms with Crippen LogP contribution < -0.4 is 10.1 Å². The van der Waals surface area contributed by atoms with E-state index in [1.165, 1.54) is 31.0 Å². The van der Waals surface area contributed by atoms with E-state index in [9.17, 15) is 4.79 Å². The molecule has 0 aliphatic heterocycles. The number of benzene rings is 1. The van der Waals surface area contributed by atoms with E-state index in [0.29, 0.717) is 30.9 Å². The molecule has 0 spiro atoms.